The van der Waals surface area contributed by atoms with E-state index in [4.69, 9.17) is 0 Å². The number of piperazine rings is 1. The third-order valence-electron chi connectivity index (χ3n) is 4.41. The minimum Gasteiger partial charge on any atom is -0.362 e. The quantitative estimate of drug-likeness (QED) is 0.583. The van der Waals surface area contributed by atoms with Crippen LogP contribution in [0.4, 0.5) is 24.5 Å². The Kier molecular flexibility index (Phi) is 6.09. The number of carbonyl (C=O) groups is 1. The highest BCUT2D eigenvalue weighted by molar-refractivity contribution is 5.76. The Morgan fingerprint density at radius 1 is 1.23 bits per heavy atom. The van der Waals surface area contributed by atoms with Crippen LogP contribution in [-0.4, -0.2) is 41.9 Å². The molecule has 1 aliphatic rings. The van der Waals surface area contributed by atoms with Crippen LogP contribution < -0.4 is 4.90 Å². The van der Waals surface area contributed by atoms with Crippen LogP contribution in [0.2, 0.25) is 0 Å². The highest BCUT2D eigenvalue weighted by Gasteiger charge is 2.34. The molecule has 1 amide bonds. The maximum Gasteiger partial charge on any atom is 0.416 e. The molecule has 1 heterocycles. The summed E-state index contributed by atoms with van der Waals surface area (Å²) in [6, 6.07) is 2.55. The molecule has 1 aromatic carbocycles. The summed E-state index contributed by atoms with van der Waals surface area (Å²) in [5.74, 6) is 0.468. The molecule has 0 saturated carbocycles. The normalized spacial score (nSPS) is 15.5. The number of nitro benzene ring substituents is 1. The van der Waals surface area contributed by atoms with Crippen LogP contribution in [-0.2, 0) is 11.0 Å². The second-order valence-corrected chi connectivity index (χ2v) is 6.76. The molecule has 26 heavy (non-hydrogen) atoms. The number of anilines is 1. The lowest BCUT2D eigenvalue weighted by Gasteiger charge is -2.36. The van der Waals surface area contributed by atoms with Crippen molar-refractivity contribution in [3.05, 3.63) is 33.9 Å². The third-order valence-corrected chi connectivity index (χ3v) is 4.41. The zero-order valence-electron chi connectivity index (χ0n) is 14.8. The number of benzene rings is 1. The fraction of sp³-hybridized carbons (Fsp3) is 0.588. The molecule has 0 aliphatic carbocycles. The molecule has 0 spiro atoms. The topological polar surface area (TPSA) is 66.7 Å². The average molecular weight is 373 g/mol. The van der Waals surface area contributed by atoms with Crippen LogP contribution in [0.15, 0.2) is 18.2 Å². The minimum absolute atomic E-state index is 0.0419. The van der Waals surface area contributed by atoms with Gasteiger partial charge in [0.25, 0.3) is 5.69 Å². The smallest absolute Gasteiger partial charge is 0.362 e. The molecule has 0 atom stereocenters. The van der Waals surface area contributed by atoms with E-state index < -0.39 is 22.4 Å². The first-order valence-corrected chi connectivity index (χ1v) is 8.48. The van der Waals surface area contributed by atoms with Crippen LogP contribution in [0.5, 0.6) is 0 Å². The number of alkyl halides is 3. The standard InChI is InChI=1S/C17H22F3N3O3/c1-12(2)3-6-16(24)22-9-7-21(8-10-22)14-5-4-13(17(18,19)20)11-15(14)23(25)26/h4-5,11-12H,3,6-10H2,1-2H3. The summed E-state index contributed by atoms with van der Waals surface area (Å²) in [4.78, 5) is 25.9. The third kappa shape index (κ3) is 4.86. The van der Waals surface area contributed by atoms with E-state index in [9.17, 15) is 28.1 Å². The van der Waals surface area contributed by atoms with E-state index in [1.165, 1.54) is 0 Å². The second-order valence-electron chi connectivity index (χ2n) is 6.76. The molecule has 1 fully saturated rings. The molecule has 2 rings (SSSR count). The predicted molar refractivity (Wildman–Crippen MR) is 91.0 cm³/mol. The number of nitrogens with zero attached hydrogens (tertiary/aromatic N) is 3. The maximum absolute atomic E-state index is 12.8. The number of carbonyl (C=O) groups excluding carboxylic acids is 1. The molecular formula is C17H22F3N3O3. The van der Waals surface area contributed by atoms with Crippen molar-refractivity contribution in [1.82, 2.24) is 4.90 Å². The van der Waals surface area contributed by atoms with Crippen molar-refractivity contribution in [2.75, 3.05) is 31.1 Å². The molecule has 1 saturated heterocycles. The van der Waals surface area contributed by atoms with Gasteiger partial charge in [0.2, 0.25) is 5.91 Å². The van der Waals surface area contributed by atoms with Crippen molar-refractivity contribution < 1.29 is 22.9 Å². The van der Waals surface area contributed by atoms with Crippen LogP contribution >= 0.6 is 0 Å². The molecule has 0 unspecified atom stereocenters. The van der Waals surface area contributed by atoms with E-state index in [2.05, 4.69) is 0 Å². The minimum atomic E-state index is -4.63. The summed E-state index contributed by atoms with van der Waals surface area (Å²) in [6.07, 6.45) is -3.38. The molecule has 9 heteroatoms. The van der Waals surface area contributed by atoms with E-state index >= 15 is 0 Å². The summed E-state index contributed by atoms with van der Waals surface area (Å²) in [5, 5.41) is 11.2. The van der Waals surface area contributed by atoms with Gasteiger partial charge in [0.1, 0.15) is 5.69 Å². The van der Waals surface area contributed by atoms with Gasteiger partial charge in [0.15, 0.2) is 0 Å². The number of rotatable bonds is 5. The zero-order chi connectivity index (χ0) is 19.5. The molecule has 1 aliphatic heterocycles. The van der Waals surface area contributed by atoms with Crippen LogP contribution in [0, 0.1) is 16.0 Å². The Hall–Kier alpha value is -2.32. The van der Waals surface area contributed by atoms with E-state index in [-0.39, 0.29) is 11.6 Å². The lowest BCUT2D eigenvalue weighted by atomic mass is 10.1. The largest absolute Gasteiger partial charge is 0.416 e. The number of hydrogen-bond acceptors (Lipinski definition) is 4. The Morgan fingerprint density at radius 2 is 1.85 bits per heavy atom. The predicted octanol–water partition coefficient (Wildman–Crippen LogP) is 3.70. The highest BCUT2D eigenvalue weighted by Crippen LogP contribution is 2.36. The van der Waals surface area contributed by atoms with Gasteiger partial charge in [-0.3, -0.25) is 14.9 Å². The fourth-order valence-electron chi connectivity index (χ4n) is 2.88. The first kappa shape index (κ1) is 20.0. The van der Waals surface area contributed by atoms with Gasteiger partial charge in [0, 0.05) is 38.7 Å². The molecule has 6 nitrogen and oxygen atoms in total. The van der Waals surface area contributed by atoms with Gasteiger partial charge in [-0.2, -0.15) is 13.2 Å². The summed E-state index contributed by atoms with van der Waals surface area (Å²) in [6.45, 7) is 5.56. The highest BCUT2D eigenvalue weighted by atomic mass is 19.4. The van der Waals surface area contributed by atoms with Crippen molar-refractivity contribution >= 4 is 17.3 Å². The van der Waals surface area contributed by atoms with Crippen molar-refractivity contribution in [2.45, 2.75) is 32.9 Å². The van der Waals surface area contributed by atoms with Gasteiger partial charge in [-0.25, -0.2) is 0 Å². The van der Waals surface area contributed by atoms with Gasteiger partial charge in [-0.15, -0.1) is 0 Å². The Labute approximate surface area is 149 Å². The van der Waals surface area contributed by atoms with Crippen LogP contribution in [0.1, 0.15) is 32.3 Å². The zero-order valence-corrected chi connectivity index (χ0v) is 14.8. The lowest BCUT2D eigenvalue weighted by Crippen LogP contribution is -2.49. The van der Waals surface area contributed by atoms with Gasteiger partial charge >= 0.3 is 6.18 Å². The molecular weight excluding hydrogens is 351 g/mol. The van der Waals surface area contributed by atoms with E-state index in [1.807, 2.05) is 13.8 Å². The van der Waals surface area contributed by atoms with Gasteiger partial charge in [0.05, 0.1) is 10.5 Å². The first-order valence-electron chi connectivity index (χ1n) is 8.48. The maximum atomic E-state index is 12.8. The van der Waals surface area contributed by atoms with E-state index in [1.54, 1.807) is 9.80 Å². The monoisotopic (exact) mass is 373 g/mol. The van der Waals surface area contributed by atoms with Gasteiger partial charge in [-0.1, -0.05) is 13.8 Å². The summed E-state index contributed by atoms with van der Waals surface area (Å²) >= 11 is 0. The Morgan fingerprint density at radius 3 is 2.35 bits per heavy atom. The second kappa shape index (κ2) is 7.92. The average Bonchev–Trinajstić information content (AvgIpc) is 2.58. The van der Waals surface area contributed by atoms with Crippen molar-refractivity contribution in [3.8, 4) is 0 Å². The van der Waals surface area contributed by atoms with Crippen LogP contribution in [0.3, 0.4) is 0 Å². The van der Waals surface area contributed by atoms with Gasteiger partial charge < -0.3 is 9.80 Å². The summed E-state index contributed by atoms with van der Waals surface area (Å²) in [5.41, 5.74) is -1.47. The SMILES string of the molecule is CC(C)CCC(=O)N1CCN(c2ccc(C(F)(F)F)cc2[N+](=O)[O-])CC1. The van der Waals surface area contributed by atoms with Crippen LogP contribution in [0.25, 0.3) is 0 Å². The van der Waals surface area contributed by atoms with E-state index in [0.29, 0.717) is 44.6 Å². The van der Waals surface area contributed by atoms with Crippen molar-refractivity contribution in [1.29, 1.82) is 0 Å². The molecule has 144 valence electrons. The van der Waals surface area contributed by atoms with Crippen molar-refractivity contribution in [2.24, 2.45) is 5.92 Å². The number of halogens is 3. The van der Waals surface area contributed by atoms with E-state index in [0.717, 1.165) is 18.6 Å². The first-order chi connectivity index (χ1) is 12.1. The van der Waals surface area contributed by atoms with Gasteiger partial charge in [-0.05, 0) is 24.5 Å². The number of hydrogen-bond donors (Lipinski definition) is 0. The fourth-order valence-corrected chi connectivity index (χ4v) is 2.88. The number of amides is 1. The van der Waals surface area contributed by atoms with Crippen molar-refractivity contribution in [3.63, 3.8) is 0 Å². The number of nitro groups is 1. The molecule has 0 bridgehead atoms. The molecule has 0 radical (unpaired) electrons. The summed E-state index contributed by atoms with van der Waals surface area (Å²) in [7, 11) is 0. The molecule has 1 aromatic rings. The lowest BCUT2D eigenvalue weighted by molar-refractivity contribution is -0.384. The Bertz CT molecular complexity index is 669. The molecule has 0 aromatic heterocycles. The summed E-state index contributed by atoms with van der Waals surface area (Å²) < 4.78 is 38.4. The Balaban J connectivity index is 2.09. The molecule has 0 N–H and O–H groups in total.